The summed E-state index contributed by atoms with van der Waals surface area (Å²) in [6.45, 7) is 9.76. The fraction of sp³-hybridized carbons (Fsp3) is 0.433. The van der Waals surface area contributed by atoms with Gasteiger partial charge in [-0.25, -0.2) is 14.5 Å². The number of para-hydroxylation sites is 2. The van der Waals surface area contributed by atoms with Crippen molar-refractivity contribution in [1.82, 2.24) is 19.6 Å². The molecule has 226 valence electrons. The second kappa shape index (κ2) is 14.1. The van der Waals surface area contributed by atoms with Crippen LogP contribution in [0.3, 0.4) is 0 Å². The molecule has 12 heteroatoms. The third-order valence-corrected chi connectivity index (χ3v) is 8.16. The molecule has 0 aliphatic rings. The van der Waals surface area contributed by atoms with Crippen LogP contribution in [0.4, 0.5) is 5.82 Å². The standard InChI is InChI=1S/C30H40N5O6P/c1-6-13-22(18-39-42(37,41-23-14-9-8-10-15-23)34-21(5)30(36)40-20(3)4)35-26(19-38-7-2)33-27-28(35)24-16-11-12-17-25(24)32-29(27)31/h8-12,14-17,20-22H,6-7,13,18-19H2,1-5H3,(H2,31,32)(H,34,37). The lowest BCUT2D eigenvalue weighted by Crippen LogP contribution is -2.36. The van der Waals surface area contributed by atoms with Crippen LogP contribution < -0.4 is 15.3 Å². The van der Waals surface area contributed by atoms with E-state index in [1.807, 2.05) is 37.3 Å². The number of aromatic nitrogens is 3. The van der Waals surface area contributed by atoms with Crippen molar-refractivity contribution in [1.29, 1.82) is 0 Å². The molecule has 2 heterocycles. The molecule has 3 N–H and O–H groups in total. The van der Waals surface area contributed by atoms with E-state index in [1.165, 1.54) is 0 Å². The van der Waals surface area contributed by atoms with Gasteiger partial charge in [0.25, 0.3) is 0 Å². The summed E-state index contributed by atoms with van der Waals surface area (Å²) in [6, 6.07) is 15.1. The highest BCUT2D eigenvalue weighted by Gasteiger charge is 2.34. The second-order valence-electron chi connectivity index (χ2n) is 10.2. The lowest BCUT2D eigenvalue weighted by atomic mass is 10.1. The van der Waals surface area contributed by atoms with Crippen molar-refractivity contribution < 1.29 is 27.9 Å². The van der Waals surface area contributed by atoms with E-state index in [-0.39, 0.29) is 25.4 Å². The van der Waals surface area contributed by atoms with E-state index in [0.717, 1.165) is 22.8 Å². The van der Waals surface area contributed by atoms with Gasteiger partial charge in [0.2, 0.25) is 0 Å². The molecular formula is C30H40N5O6P. The summed E-state index contributed by atoms with van der Waals surface area (Å²) >= 11 is 0. The average Bonchev–Trinajstić information content (AvgIpc) is 3.34. The minimum absolute atomic E-state index is 0.0158. The zero-order valence-electron chi connectivity index (χ0n) is 24.8. The van der Waals surface area contributed by atoms with Gasteiger partial charge in [-0.1, -0.05) is 49.7 Å². The van der Waals surface area contributed by atoms with Crippen molar-refractivity contribution in [2.75, 3.05) is 18.9 Å². The van der Waals surface area contributed by atoms with E-state index in [0.29, 0.717) is 35.9 Å². The van der Waals surface area contributed by atoms with Crippen LogP contribution in [0.15, 0.2) is 54.6 Å². The van der Waals surface area contributed by atoms with E-state index in [2.05, 4.69) is 21.6 Å². The van der Waals surface area contributed by atoms with E-state index < -0.39 is 19.8 Å². The maximum Gasteiger partial charge on any atom is 0.459 e. The molecule has 0 saturated heterocycles. The van der Waals surface area contributed by atoms with Crippen molar-refractivity contribution in [3.05, 3.63) is 60.4 Å². The molecular weight excluding hydrogens is 557 g/mol. The number of nitrogens with one attached hydrogen (secondary N) is 1. The number of nitrogens with two attached hydrogens (primary N) is 1. The van der Waals surface area contributed by atoms with Crippen LogP contribution in [-0.2, 0) is 30.0 Å². The monoisotopic (exact) mass is 597 g/mol. The molecule has 0 spiro atoms. The van der Waals surface area contributed by atoms with Gasteiger partial charge in [0.1, 0.15) is 29.7 Å². The first kappa shape index (κ1) is 31.4. The van der Waals surface area contributed by atoms with Gasteiger partial charge in [-0.2, -0.15) is 5.09 Å². The normalized spacial score (nSPS) is 14.6. The second-order valence-corrected chi connectivity index (χ2v) is 11.9. The molecule has 0 amide bonds. The SMILES string of the molecule is CCCC(COP(=O)(NC(C)C(=O)OC(C)C)Oc1ccccc1)n1c(COCC)nc2c(N)nc3ccccc3c21. The van der Waals surface area contributed by atoms with Crippen LogP contribution in [0.1, 0.15) is 59.3 Å². The van der Waals surface area contributed by atoms with Gasteiger partial charge >= 0.3 is 13.7 Å². The third kappa shape index (κ3) is 7.46. The number of rotatable bonds is 15. The summed E-state index contributed by atoms with van der Waals surface area (Å²) in [6.07, 6.45) is 1.13. The van der Waals surface area contributed by atoms with Crippen LogP contribution in [0.25, 0.3) is 21.9 Å². The number of esters is 1. The van der Waals surface area contributed by atoms with Crippen molar-refractivity contribution >= 4 is 41.5 Å². The molecule has 0 radical (unpaired) electrons. The number of pyridine rings is 1. The highest BCUT2D eigenvalue weighted by Crippen LogP contribution is 2.46. The molecule has 4 aromatic rings. The molecule has 0 fully saturated rings. The summed E-state index contributed by atoms with van der Waals surface area (Å²) in [4.78, 5) is 22.0. The van der Waals surface area contributed by atoms with Crippen molar-refractivity contribution in [2.45, 2.75) is 72.3 Å². The number of ether oxygens (including phenoxy) is 2. The van der Waals surface area contributed by atoms with Gasteiger partial charge in [-0.05, 0) is 52.3 Å². The van der Waals surface area contributed by atoms with Gasteiger partial charge in [0.05, 0.1) is 29.8 Å². The minimum Gasteiger partial charge on any atom is -0.462 e. The van der Waals surface area contributed by atoms with Gasteiger partial charge in [-0.15, -0.1) is 0 Å². The Bertz CT molecular complexity index is 1540. The summed E-state index contributed by atoms with van der Waals surface area (Å²) in [5.41, 5.74) is 8.48. The molecule has 2 aromatic heterocycles. The van der Waals surface area contributed by atoms with Gasteiger partial charge in [0.15, 0.2) is 5.82 Å². The van der Waals surface area contributed by atoms with Crippen LogP contribution >= 0.6 is 7.75 Å². The molecule has 3 unspecified atom stereocenters. The number of carbonyl (C=O) groups is 1. The zero-order chi connectivity index (χ0) is 30.3. The molecule has 2 aromatic carbocycles. The largest absolute Gasteiger partial charge is 0.462 e. The average molecular weight is 598 g/mol. The fourth-order valence-corrected chi connectivity index (χ4v) is 6.22. The lowest BCUT2D eigenvalue weighted by molar-refractivity contribution is -0.149. The first-order valence-electron chi connectivity index (χ1n) is 14.3. The summed E-state index contributed by atoms with van der Waals surface area (Å²) in [5, 5.41) is 3.65. The van der Waals surface area contributed by atoms with Gasteiger partial charge in [-0.3, -0.25) is 9.32 Å². The van der Waals surface area contributed by atoms with Crippen LogP contribution in [0, 0.1) is 0 Å². The maximum atomic E-state index is 14.2. The van der Waals surface area contributed by atoms with E-state index in [1.54, 1.807) is 45.0 Å². The fourth-order valence-electron chi connectivity index (χ4n) is 4.70. The molecule has 0 bridgehead atoms. The highest BCUT2D eigenvalue weighted by atomic mass is 31.2. The predicted octanol–water partition coefficient (Wildman–Crippen LogP) is 6.18. The van der Waals surface area contributed by atoms with Crippen molar-refractivity contribution in [3.63, 3.8) is 0 Å². The highest BCUT2D eigenvalue weighted by molar-refractivity contribution is 7.52. The molecule has 4 rings (SSSR count). The van der Waals surface area contributed by atoms with Crippen LogP contribution in [0.5, 0.6) is 5.75 Å². The Labute approximate surface area is 246 Å². The number of fused-ring (bicyclic) bond motifs is 3. The topological polar surface area (TPSA) is 140 Å². The Morgan fingerprint density at radius 2 is 1.76 bits per heavy atom. The van der Waals surface area contributed by atoms with E-state index >= 15 is 0 Å². The number of benzene rings is 2. The summed E-state index contributed by atoms with van der Waals surface area (Å²) in [7, 11) is -4.08. The molecule has 11 nitrogen and oxygen atoms in total. The van der Waals surface area contributed by atoms with E-state index in [9.17, 15) is 9.36 Å². The number of nitrogen functional groups attached to an aromatic ring is 1. The predicted molar refractivity (Wildman–Crippen MR) is 163 cm³/mol. The van der Waals surface area contributed by atoms with Gasteiger partial charge < -0.3 is 24.3 Å². The number of nitrogens with zero attached hydrogens (tertiary/aromatic N) is 3. The molecule has 42 heavy (non-hydrogen) atoms. The lowest BCUT2D eigenvalue weighted by Gasteiger charge is -2.27. The number of carbonyl (C=O) groups excluding carboxylic acids is 1. The Morgan fingerprint density at radius 1 is 1.05 bits per heavy atom. The Morgan fingerprint density at radius 3 is 2.45 bits per heavy atom. The minimum atomic E-state index is -4.08. The summed E-state index contributed by atoms with van der Waals surface area (Å²) < 4.78 is 39.4. The number of anilines is 1. The summed E-state index contributed by atoms with van der Waals surface area (Å²) in [5.74, 6) is 0.734. The molecule has 3 atom stereocenters. The smallest absolute Gasteiger partial charge is 0.459 e. The van der Waals surface area contributed by atoms with E-state index in [4.69, 9.17) is 29.2 Å². The molecule has 0 saturated carbocycles. The Balaban J connectivity index is 1.74. The van der Waals surface area contributed by atoms with Crippen LogP contribution in [-0.4, -0.2) is 45.9 Å². The van der Waals surface area contributed by atoms with Crippen molar-refractivity contribution in [3.8, 4) is 5.75 Å². The Hall–Kier alpha value is -3.50. The number of imidazole rings is 1. The Kier molecular flexibility index (Phi) is 10.6. The van der Waals surface area contributed by atoms with Crippen molar-refractivity contribution in [2.24, 2.45) is 0 Å². The molecule has 0 aliphatic carbocycles. The first-order chi connectivity index (χ1) is 20.2. The number of hydrogen-bond acceptors (Lipinski definition) is 9. The number of hydrogen-bond donors (Lipinski definition) is 2. The first-order valence-corrected chi connectivity index (χ1v) is 15.8. The quantitative estimate of drug-likeness (QED) is 0.121. The third-order valence-electron chi connectivity index (χ3n) is 6.51. The van der Waals surface area contributed by atoms with Gasteiger partial charge in [0, 0.05) is 12.0 Å². The molecule has 0 aliphatic heterocycles. The zero-order valence-corrected chi connectivity index (χ0v) is 25.7. The van der Waals surface area contributed by atoms with Crippen LogP contribution in [0.2, 0.25) is 0 Å². The maximum absolute atomic E-state index is 14.2.